The maximum atomic E-state index is 12.5. The van der Waals surface area contributed by atoms with E-state index >= 15 is 0 Å². The lowest BCUT2D eigenvalue weighted by molar-refractivity contribution is -0.142. The highest BCUT2D eigenvalue weighted by Crippen LogP contribution is 2.20. The van der Waals surface area contributed by atoms with Crippen molar-refractivity contribution in [2.75, 3.05) is 13.7 Å². The Hall–Kier alpha value is -1.99. The molecule has 0 radical (unpaired) electrons. The SMILES string of the molecule is COC(=O)CN(C(=O)c1cccn1CC(F)(F)F)C(C)C. The van der Waals surface area contributed by atoms with Gasteiger partial charge >= 0.3 is 12.1 Å². The molecule has 8 heteroatoms. The van der Waals surface area contributed by atoms with Crippen LogP contribution in [0.2, 0.25) is 0 Å². The van der Waals surface area contributed by atoms with Gasteiger partial charge in [0, 0.05) is 12.2 Å². The molecule has 5 nitrogen and oxygen atoms in total. The number of carbonyl (C=O) groups excluding carboxylic acids is 2. The Morgan fingerprint density at radius 2 is 2.00 bits per heavy atom. The van der Waals surface area contributed by atoms with Crippen molar-refractivity contribution in [2.24, 2.45) is 0 Å². The summed E-state index contributed by atoms with van der Waals surface area (Å²) in [6, 6.07) is 2.29. The number of esters is 1. The molecule has 1 rings (SSSR count). The Morgan fingerprint density at radius 1 is 1.38 bits per heavy atom. The van der Waals surface area contributed by atoms with Crippen molar-refractivity contribution in [3.05, 3.63) is 24.0 Å². The zero-order valence-corrected chi connectivity index (χ0v) is 12.0. The van der Waals surface area contributed by atoms with E-state index in [0.29, 0.717) is 0 Å². The van der Waals surface area contributed by atoms with Crippen molar-refractivity contribution in [1.82, 2.24) is 9.47 Å². The lowest BCUT2D eigenvalue weighted by Crippen LogP contribution is -2.42. The van der Waals surface area contributed by atoms with Gasteiger partial charge in [0.25, 0.3) is 5.91 Å². The molecule has 0 aliphatic heterocycles. The van der Waals surface area contributed by atoms with Crippen molar-refractivity contribution < 1.29 is 27.5 Å². The second-order valence-corrected chi connectivity index (χ2v) is 4.74. The number of amides is 1. The molecule has 0 saturated carbocycles. The van der Waals surface area contributed by atoms with Crippen LogP contribution in [0, 0.1) is 0 Å². The quantitative estimate of drug-likeness (QED) is 0.783. The summed E-state index contributed by atoms with van der Waals surface area (Å²) in [5, 5.41) is 0. The lowest BCUT2D eigenvalue weighted by Gasteiger charge is -2.26. The Kier molecular flexibility index (Phi) is 5.40. The molecular weight excluding hydrogens is 289 g/mol. The van der Waals surface area contributed by atoms with E-state index in [4.69, 9.17) is 0 Å². The smallest absolute Gasteiger partial charge is 0.406 e. The number of halogens is 3. The molecule has 0 fully saturated rings. The normalized spacial score (nSPS) is 11.6. The number of methoxy groups -OCH3 is 1. The highest BCUT2D eigenvalue weighted by molar-refractivity contribution is 5.94. The number of ether oxygens (including phenoxy) is 1. The van der Waals surface area contributed by atoms with E-state index in [0.717, 1.165) is 9.47 Å². The van der Waals surface area contributed by atoms with Crippen LogP contribution >= 0.6 is 0 Å². The molecule has 0 saturated heterocycles. The molecule has 1 aromatic rings. The number of carbonyl (C=O) groups is 2. The summed E-state index contributed by atoms with van der Waals surface area (Å²) >= 11 is 0. The number of rotatable bonds is 5. The van der Waals surface area contributed by atoms with E-state index < -0.39 is 24.6 Å². The van der Waals surface area contributed by atoms with Gasteiger partial charge in [0.2, 0.25) is 0 Å². The maximum Gasteiger partial charge on any atom is 0.406 e. The number of aromatic nitrogens is 1. The van der Waals surface area contributed by atoms with Gasteiger partial charge in [-0.2, -0.15) is 13.2 Å². The third-order valence-corrected chi connectivity index (χ3v) is 2.81. The van der Waals surface area contributed by atoms with Crippen LogP contribution < -0.4 is 0 Å². The second kappa shape index (κ2) is 6.64. The Labute approximate surface area is 120 Å². The number of hydrogen-bond donors (Lipinski definition) is 0. The fourth-order valence-electron chi connectivity index (χ4n) is 1.78. The molecule has 0 aliphatic carbocycles. The number of alkyl halides is 3. The molecule has 0 aromatic carbocycles. The van der Waals surface area contributed by atoms with Crippen LogP contribution in [0.25, 0.3) is 0 Å². The number of nitrogens with zero attached hydrogens (tertiary/aromatic N) is 2. The van der Waals surface area contributed by atoms with Crippen LogP contribution in [0.15, 0.2) is 18.3 Å². The predicted octanol–water partition coefficient (Wildman–Crippen LogP) is 2.07. The van der Waals surface area contributed by atoms with Crippen molar-refractivity contribution in [1.29, 1.82) is 0 Å². The van der Waals surface area contributed by atoms with Gasteiger partial charge < -0.3 is 14.2 Å². The molecule has 1 aromatic heterocycles. The highest BCUT2D eigenvalue weighted by atomic mass is 19.4. The molecule has 0 aliphatic rings. The Bertz CT molecular complexity index is 509. The highest BCUT2D eigenvalue weighted by Gasteiger charge is 2.31. The second-order valence-electron chi connectivity index (χ2n) is 4.74. The summed E-state index contributed by atoms with van der Waals surface area (Å²) in [5.74, 6) is -1.28. The first-order valence-electron chi connectivity index (χ1n) is 6.25. The molecule has 118 valence electrons. The van der Waals surface area contributed by atoms with Crippen molar-refractivity contribution in [3.63, 3.8) is 0 Å². The van der Waals surface area contributed by atoms with E-state index in [1.165, 1.54) is 25.4 Å². The first kappa shape index (κ1) is 17.1. The minimum Gasteiger partial charge on any atom is -0.468 e. The van der Waals surface area contributed by atoms with Crippen LogP contribution in [-0.4, -0.2) is 47.2 Å². The summed E-state index contributed by atoms with van der Waals surface area (Å²) in [6.45, 7) is 1.76. The summed E-state index contributed by atoms with van der Waals surface area (Å²) < 4.78 is 42.7. The van der Waals surface area contributed by atoms with Gasteiger partial charge in [-0.25, -0.2) is 0 Å². The summed E-state index contributed by atoms with van der Waals surface area (Å²) in [4.78, 5) is 24.8. The average Bonchev–Trinajstić information content (AvgIpc) is 2.80. The Balaban J connectivity index is 3.00. The van der Waals surface area contributed by atoms with Gasteiger partial charge in [-0.15, -0.1) is 0 Å². The monoisotopic (exact) mass is 306 g/mol. The van der Waals surface area contributed by atoms with Crippen molar-refractivity contribution >= 4 is 11.9 Å². The summed E-state index contributed by atoms with van der Waals surface area (Å²) in [6.07, 6.45) is -3.25. The van der Waals surface area contributed by atoms with E-state index in [9.17, 15) is 22.8 Å². The third kappa shape index (κ3) is 4.80. The van der Waals surface area contributed by atoms with E-state index in [1.807, 2.05) is 0 Å². The van der Waals surface area contributed by atoms with E-state index in [-0.39, 0.29) is 18.3 Å². The molecule has 0 N–H and O–H groups in total. The lowest BCUT2D eigenvalue weighted by atomic mass is 10.2. The topological polar surface area (TPSA) is 51.5 Å². The van der Waals surface area contributed by atoms with Gasteiger partial charge in [-0.1, -0.05) is 0 Å². The third-order valence-electron chi connectivity index (χ3n) is 2.81. The van der Waals surface area contributed by atoms with Crippen LogP contribution in [0.5, 0.6) is 0 Å². The molecule has 0 unspecified atom stereocenters. The average molecular weight is 306 g/mol. The first-order valence-corrected chi connectivity index (χ1v) is 6.25. The summed E-state index contributed by atoms with van der Waals surface area (Å²) in [7, 11) is 1.18. The van der Waals surface area contributed by atoms with Crippen LogP contribution in [0.3, 0.4) is 0 Å². The molecule has 21 heavy (non-hydrogen) atoms. The van der Waals surface area contributed by atoms with Gasteiger partial charge in [0.15, 0.2) is 0 Å². The summed E-state index contributed by atoms with van der Waals surface area (Å²) in [5.41, 5.74) is -0.120. The first-order chi connectivity index (χ1) is 9.65. The van der Waals surface area contributed by atoms with Gasteiger partial charge in [-0.3, -0.25) is 9.59 Å². The van der Waals surface area contributed by atoms with Gasteiger partial charge in [0.05, 0.1) is 7.11 Å². The minimum absolute atomic E-state index is 0.120. The maximum absolute atomic E-state index is 12.5. The predicted molar refractivity (Wildman–Crippen MR) is 68.7 cm³/mol. The minimum atomic E-state index is -4.43. The fourth-order valence-corrected chi connectivity index (χ4v) is 1.78. The van der Waals surface area contributed by atoms with E-state index in [1.54, 1.807) is 13.8 Å². The van der Waals surface area contributed by atoms with Crippen LogP contribution in [0.4, 0.5) is 13.2 Å². The molecule has 0 bridgehead atoms. The zero-order chi connectivity index (χ0) is 16.2. The van der Waals surface area contributed by atoms with Crippen molar-refractivity contribution in [3.8, 4) is 0 Å². The number of hydrogen-bond acceptors (Lipinski definition) is 3. The zero-order valence-electron chi connectivity index (χ0n) is 12.0. The molecule has 0 spiro atoms. The van der Waals surface area contributed by atoms with Crippen LogP contribution in [0.1, 0.15) is 24.3 Å². The molecular formula is C13H17F3N2O3. The fraction of sp³-hybridized carbons (Fsp3) is 0.538. The van der Waals surface area contributed by atoms with Gasteiger partial charge in [-0.05, 0) is 26.0 Å². The van der Waals surface area contributed by atoms with Gasteiger partial charge in [0.1, 0.15) is 18.8 Å². The van der Waals surface area contributed by atoms with Crippen LogP contribution in [-0.2, 0) is 16.1 Å². The van der Waals surface area contributed by atoms with E-state index in [2.05, 4.69) is 4.74 Å². The standard InChI is InChI=1S/C13H17F3N2O3/c1-9(2)18(7-11(19)21-3)12(20)10-5-4-6-17(10)8-13(14,15)16/h4-6,9H,7-8H2,1-3H3. The Morgan fingerprint density at radius 3 is 2.48 bits per heavy atom. The molecule has 0 atom stereocenters. The van der Waals surface area contributed by atoms with Crippen molar-refractivity contribution in [2.45, 2.75) is 32.6 Å². The molecule has 1 amide bonds. The molecule has 1 heterocycles. The largest absolute Gasteiger partial charge is 0.468 e.